The SMILES string of the molecule is N#Cc1cc(N=O)ccc1F. The Morgan fingerprint density at radius 2 is 2.27 bits per heavy atom. The summed E-state index contributed by atoms with van der Waals surface area (Å²) in [5, 5.41) is 10.9. The molecule has 0 saturated carbocycles. The van der Waals surface area contributed by atoms with Crippen LogP contribution in [0.1, 0.15) is 5.56 Å². The fourth-order valence-electron chi connectivity index (χ4n) is 0.656. The van der Waals surface area contributed by atoms with Crippen LogP contribution >= 0.6 is 0 Å². The van der Waals surface area contributed by atoms with Crippen molar-refractivity contribution < 1.29 is 4.39 Å². The van der Waals surface area contributed by atoms with Crippen LogP contribution in [0.3, 0.4) is 0 Å². The van der Waals surface area contributed by atoms with E-state index < -0.39 is 5.82 Å². The fourth-order valence-corrected chi connectivity index (χ4v) is 0.656. The number of benzene rings is 1. The third-order valence-corrected chi connectivity index (χ3v) is 1.18. The van der Waals surface area contributed by atoms with Gasteiger partial charge in [0.1, 0.15) is 17.6 Å². The molecule has 0 bridgehead atoms. The van der Waals surface area contributed by atoms with Crippen LogP contribution < -0.4 is 0 Å². The van der Waals surface area contributed by atoms with Crippen LogP contribution in [-0.4, -0.2) is 0 Å². The maximum absolute atomic E-state index is 12.5. The van der Waals surface area contributed by atoms with Crippen LogP contribution in [-0.2, 0) is 0 Å². The summed E-state index contributed by atoms with van der Waals surface area (Å²) in [4.78, 5) is 9.90. The average Bonchev–Trinajstić information content (AvgIpc) is 2.05. The number of halogens is 1. The zero-order valence-electron chi connectivity index (χ0n) is 5.41. The molecule has 0 N–H and O–H groups in total. The second-order valence-electron chi connectivity index (χ2n) is 1.87. The average molecular weight is 150 g/mol. The topological polar surface area (TPSA) is 53.2 Å². The highest BCUT2D eigenvalue weighted by Gasteiger charge is 2.01. The van der Waals surface area contributed by atoms with Gasteiger partial charge in [-0.2, -0.15) is 5.26 Å². The van der Waals surface area contributed by atoms with Gasteiger partial charge in [0, 0.05) is 0 Å². The summed E-state index contributed by atoms with van der Waals surface area (Å²) >= 11 is 0. The first-order valence-electron chi connectivity index (χ1n) is 2.81. The van der Waals surface area contributed by atoms with Gasteiger partial charge in [-0.15, -0.1) is 4.91 Å². The standard InChI is InChI=1S/C7H3FN2O/c8-7-2-1-6(10-11)3-5(7)4-9/h1-3H. The summed E-state index contributed by atoms with van der Waals surface area (Å²) in [6.07, 6.45) is 0. The largest absolute Gasteiger partial charge is 0.206 e. The number of nitriles is 1. The minimum atomic E-state index is -0.639. The molecule has 54 valence electrons. The van der Waals surface area contributed by atoms with Crippen molar-refractivity contribution in [3.63, 3.8) is 0 Å². The van der Waals surface area contributed by atoms with Gasteiger partial charge in [0.2, 0.25) is 0 Å². The quantitative estimate of drug-likeness (QED) is 0.575. The molecule has 3 nitrogen and oxygen atoms in total. The molecule has 0 amide bonds. The second-order valence-corrected chi connectivity index (χ2v) is 1.87. The zero-order valence-corrected chi connectivity index (χ0v) is 5.41. The van der Waals surface area contributed by atoms with Crippen LogP contribution in [0, 0.1) is 22.1 Å². The maximum Gasteiger partial charge on any atom is 0.141 e. The lowest BCUT2D eigenvalue weighted by Gasteiger charge is -1.91. The van der Waals surface area contributed by atoms with E-state index in [1.165, 1.54) is 6.07 Å². The van der Waals surface area contributed by atoms with Crippen LogP contribution in [0.25, 0.3) is 0 Å². The molecule has 0 radical (unpaired) electrons. The molecule has 0 atom stereocenters. The first-order chi connectivity index (χ1) is 5.27. The smallest absolute Gasteiger partial charge is 0.141 e. The molecule has 0 heterocycles. The van der Waals surface area contributed by atoms with Gasteiger partial charge in [-0.1, -0.05) is 0 Å². The Labute approximate surface area is 62.0 Å². The minimum absolute atomic E-state index is 0.0583. The van der Waals surface area contributed by atoms with E-state index in [-0.39, 0.29) is 11.3 Å². The number of rotatable bonds is 1. The normalized spacial score (nSPS) is 8.73. The van der Waals surface area contributed by atoms with E-state index in [0.717, 1.165) is 12.1 Å². The second kappa shape index (κ2) is 2.88. The molecule has 0 aliphatic rings. The highest BCUT2D eigenvalue weighted by atomic mass is 19.1. The molecule has 4 heteroatoms. The van der Waals surface area contributed by atoms with Gasteiger partial charge < -0.3 is 0 Å². The Morgan fingerprint density at radius 1 is 1.55 bits per heavy atom. The first-order valence-corrected chi connectivity index (χ1v) is 2.81. The first kappa shape index (κ1) is 7.35. The highest BCUT2D eigenvalue weighted by molar-refractivity contribution is 5.45. The molecular formula is C7H3FN2O. The zero-order chi connectivity index (χ0) is 8.27. The molecule has 0 aliphatic heterocycles. The summed E-state index contributed by atoms with van der Waals surface area (Å²) in [6.45, 7) is 0. The molecule has 1 rings (SSSR count). The molecule has 1 aromatic carbocycles. The van der Waals surface area contributed by atoms with Gasteiger partial charge in [-0.05, 0) is 23.4 Å². The molecule has 0 aromatic heterocycles. The van der Waals surface area contributed by atoms with Crippen LogP contribution in [0.4, 0.5) is 10.1 Å². The lowest BCUT2D eigenvalue weighted by atomic mass is 10.2. The maximum atomic E-state index is 12.5. The Hall–Kier alpha value is -1.76. The van der Waals surface area contributed by atoms with Crippen molar-refractivity contribution in [2.45, 2.75) is 0 Å². The van der Waals surface area contributed by atoms with Gasteiger partial charge in [0.25, 0.3) is 0 Å². The van der Waals surface area contributed by atoms with E-state index in [1.54, 1.807) is 6.07 Å². The van der Waals surface area contributed by atoms with Crippen LogP contribution in [0.15, 0.2) is 23.4 Å². The molecule has 0 unspecified atom stereocenters. The number of nitroso groups, excluding NO2 is 1. The lowest BCUT2D eigenvalue weighted by molar-refractivity contribution is 0.624. The number of hydrogen-bond donors (Lipinski definition) is 0. The summed E-state index contributed by atoms with van der Waals surface area (Å²) in [6, 6.07) is 4.94. The monoisotopic (exact) mass is 150 g/mol. The van der Waals surface area contributed by atoms with Gasteiger partial charge in [0.05, 0.1) is 5.56 Å². The Bertz CT molecular complexity index is 330. The molecule has 11 heavy (non-hydrogen) atoms. The predicted octanol–water partition coefficient (Wildman–Crippen LogP) is 2.10. The minimum Gasteiger partial charge on any atom is -0.206 e. The van der Waals surface area contributed by atoms with Gasteiger partial charge in [-0.25, -0.2) is 4.39 Å². The number of nitrogens with zero attached hydrogens (tertiary/aromatic N) is 2. The van der Waals surface area contributed by atoms with Crippen LogP contribution in [0.2, 0.25) is 0 Å². The summed E-state index contributed by atoms with van der Waals surface area (Å²) in [5.74, 6) is -0.639. The Kier molecular flexibility index (Phi) is 1.93. The molecule has 0 fully saturated rings. The molecule has 0 aliphatic carbocycles. The summed E-state index contributed by atoms with van der Waals surface area (Å²) < 4.78 is 12.5. The van der Waals surface area contributed by atoms with Crippen molar-refractivity contribution in [2.75, 3.05) is 0 Å². The van der Waals surface area contributed by atoms with E-state index in [0.29, 0.717) is 0 Å². The van der Waals surface area contributed by atoms with E-state index in [1.807, 2.05) is 0 Å². The third kappa shape index (κ3) is 1.38. The van der Waals surface area contributed by atoms with Crippen molar-refractivity contribution in [1.29, 1.82) is 5.26 Å². The van der Waals surface area contributed by atoms with Crippen molar-refractivity contribution in [3.8, 4) is 6.07 Å². The Balaban J connectivity index is 3.25. The molecule has 1 aromatic rings. The lowest BCUT2D eigenvalue weighted by Crippen LogP contribution is -1.80. The van der Waals surface area contributed by atoms with Crippen molar-refractivity contribution in [2.24, 2.45) is 5.18 Å². The Morgan fingerprint density at radius 3 is 2.82 bits per heavy atom. The van der Waals surface area contributed by atoms with E-state index in [4.69, 9.17) is 5.26 Å². The van der Waals surface area contributed by atoms with Gasteiger partial charge in [0.15, 0.2) is 0 Å². The van der Waals surface area contributed by atoms with E-state index in [9.17, 15) is 9.30 Å². The summed E-state index contributed by atoms with van der Waals surface area (Å²) in [5.41, 5.74) is -0.106. The van der Waals surface area contributed by atoms with Crippen LogP contribution in [0.5, 0.6) is 0 Å². The van der Waals surface area contributed by atoms with Crippen molar-refractivity contribution in [1.82, 2.24) is 0 Å². The highest BCUT2D eigenvalue weighted by Crippen LogP contribution is 2.15. The summed E-state index contributed by atoms with van der Waals surface area (Å²) in [7, 11) is 0. The van der Waals surface area contributed by atoms with Gasteiger partial charge >= 0.3 is 0 Å². The molecular weight excluding hydrogens is 147 g/mol. The fraction of sp³-hybridized carbons (Fsp3) is 0. The van der Waals surface area contributed by atoms with E-state index in [2.05, 4.69) is 5.18 Å². The predicted molar refractivity (Wildman–Crippen MR) is 36.6 cm³/mol. The number of hydrogen-bond acceptors (Lipinski definition) is 3. The third-order valence-electron chi connectivity index (χ3n) is 1.18. The molecule has 0 saturated heterocycles. The molecule has 0 spiro atoms. The van der Waals surface area contributed by atoms with Gasteiger partial charge in [-0.3, -0.25) is 0 Å². The van der Waals surface area contributed by atoms with Crippen molar-refractivity contribution in [3.05, 3.63) is 34.5 Å². The van der Waals surface area contributed by atoms with Crippen molar-refractivity contribution >= 4 is 5.69 Å². The van der Waals surface area contributed by atoms with E-state index >= 15 is 0 Å².